The van der Waals surface area contributed by atoms with Crippen molar-refractivity contribution < 1.29 is 8.42 Å². The largest absolute Gasteiger partial charge is 0.334 e. The highest BCUT2D eigenvalue weighted by Crippen LogP contribution is 2.15. The highest BCUT2D eigenvalue weighted by molar-refractivity contribution is 7.89. The van der Waals surface area contributed by atoms with E-state index >= 15 is 0 Å². The van der Waals surface area contributed by atoms with E-state index in [2.05, 4.69) is 11.9 Å². The molecule has 0 saturated carbocycles. The van der Waals surface area contributed by atoms with Crippen LogP contribution < -0.4 is 5.73 Å². The van der Waals surface area contributed by atoms with E-state index in [1.807, 2.05) is 11.5 Å². The fraction of sp³-hybridized carbons (Fsp3) is 0.769. The van der Waals surface area contributed by atoms with Gasteiger partial charge in [-0.05, 0) is 32.7 Å². The Morgan fingerprint density at radius 3 is 2.65 bits per heavy atom. The Balaban J connectivity index is 2.74. The van der Waals surface area contributed by atoms with Gasteiger partial charge in [-0.25, -0.2) is 13.4 Å². The van der Waals surface area contributed by atoms with E-state index in [1.165, 1.54) is 4.31 Å². The number of sulfonamides is 1. The third kappa shape index (κ3) is 4.29. The summed E-state index contributed by atoms with van der Waals surface area (Å²) in [5.74, 6) is 0.738. The fourth-order valence-electron chi connectivity index (χ4n) is 2.01. The van der Waals surface area contributed by atoms with Crippen LogP contribution in [-0.2, 0) is 16.6 Å². The van der Waals surface area contributed by atoms with Crippen molar-refractivity contribution in [2.75, 3.05) is 20.1 Å². The molecule has 0 atom stereocenters. The zero-order valence-electron chi connectivity index (χ0n) is 12.7. The molecule has 0 aromatic carbocycles. The van der Waals surface area contributed by atoms with Crippen LogP contribution in [0.5, 0.6) is 0 Å². The van der Waals surface area contributed by atoms with Gasteiger partial charge >= 0.3 is 0 Å². The number of hydrogen-bond donors (Lipinski definition) is 1. The summed E-state index contributed by atoms with van der Waals surface area (Å²) in [5.41, 5.74) is 5.43. The molecule has 116 valence electrons. The molecule has 0 radical (unpaired) electrons. The van der Waals surface area contributed by atoms with Crippen molar-refractivity contribution in [1.29, 1.82) is 0 Å². The lowest BCUT2D eigenvalue weighted by Gasteiger charge is -2.15. The zero-order chi connectivity index (χ0) is 15.2. The van der Waals surface area contributed by atoms with E-state index in [0.29, 0.717) is 13.1 Å². The van der Waals surface area contributed by atoms with Crippen molar-refractivity contribution in [2.24, 2.45) is 5.73 Å². The Labute approximate surface area is 122 Å². The minimum absolute atomic E-state index is 0.143. The molecule has 6 nitrogen and oxygen atoms in total. The lowest BCUT2D eigenvalue weighted by molar-refractivity contribution is 0.450. The average molecular weight is 302 g/mol. The van der Waals surface area contributed by atoms with Crippen LogP contribution in [0, 0.1) is 6.92 Å². The molecule has 20 heavy (non-hydrogen) atoms. The van der Waals surface area contributed by atoms with Crippen molar-refractivity contribution >= 4 is 10.0 Å². The minimum Gasteiger partial charge on any atom is -0.334 e. The summed E-state index contributed by atoms with van der Waals surface area (Å²) in [6, 6.07) is 0. The lowest BCUT2D eigenvalue weighted by Crippen LogP contribution is -2.28. The summed E-state index contributed by atoms with van der Waals surface area (Å²) >= 11 is 0. The molecular formula is C13H26N4O2S. The lowest BCUT2D eigenvalue weighted by atomic mass is 10.2. The fourth-order valence-corrected chi connectivity index (χ4v) is 3.20. The Morgan fingerprint density at radius 1 is 1.35 bits per heavy atom. The van der Waals surface area contributed by atoms with Gasteiger partial charge in [0, 0.05) is 26.3 Å². The van der Waals surface area contributed by atoms with Crippen molar-refractivity contribution in [3.63, 3.8) is 0 Å². The first-order valence-electron chi connectivity index (χ1n) is 7.13. The van der Waals surface area contributed by atoms with Crippen molar-refractivity contribution in [3.8, 4) is 0 Å². The minimum atomic E-state index is -3.48. The van der Waals surface area contributed by atoms with Gasteiger partial charge in [0.1, 0.15) is 5.82 Å². The first-order valence-corrected chi connectivity index (χ1v) is 8.57. The highest BCUT2D eigenvalue weighted by Gasteiger charge is 2.24. The standard InChI is InChI=1S/C13H26N4O2S/c1-4-9-17-11-13(15-12(17)2)20(18,19)16(3)10-7-5-6-8-14/h11H,4-10,14H2,1-3H3. The van der Waals surface area contributed by atoms with Crippen LogP contribution in [0.25, 0.3) is 0 Å². The normalized spacial score (nSPS) is 12.2. The van der Waals surface area contributed by atoms with Crippen molar-refractivity contribution in [1.82, 2.24) is 13.9 Å². The van der Waals surface area contributed by atoms with Crippen molar-refractivity contribution in [3.05, 3.63) is 12.0 Å². The Kier molecular flexibility index (Phi) is 6.64. The molecule has 0 aliphatic carbocycles. The molecule has 0 saturated heterocycles. The molecule has 0 spiro atoms. The van der Waals surface area contributed by atoms with Gasteiger partial charge in [-0.2, -0.15) is 4.31 Å². The second-order valence-electron chi connectivity index (χ2n) is 5.00. The maximum absolute atomic E-state index is 12.4. The first kappa shape index (κ1) is 17.1. The molecule has 1 rings (SSSR count). The van der Waals surface area contributed by atoms with Crippen LogP contribution >= 0.6 is 0 Å². The number of imidazole rings is 1. The van der Waals surface area contributed by atoms with E-state index in [9.17, 15) is 8.42 Å². The van der Waals surface area contributed by atoms with E-state index in [-0.39, 0.29) is 5.03 Å². The van der Waals surface area contributed by atoms with Crippen molar-refractivity contribution in [2.45, 2.75) is 51.1 Å². The predicted octanol–water partition coefficient (Wildman–Crippen LogP) is 1.35. The van der Waals surface area contributed by atoms with Crippen LogP contribution in [0.4, 0.5) is 0 Å². The number of nitrogens with two attached hydrogens (primary N) is 1. The number of unbranched alkanes of at least 4 members (excludes halogenated alkanes) is 2. The van der Waals surface area contributed by atoms with E-state index in [1.54, 1.807) is 13.2 Å². The maximum atomic E-state index is 12.4. The average Bonchev–Trinajstić information content (AvgIpc) is 2.77. The predicted molar refractivity (Wildman–Crippen MR) is 80.0 cm³/mol. The third-order valence-corrected chi connectivity index (χ3v) is 5.00. The van der Waals surface area contributed by atoms with E-state index in [0.717, 1.165) is 38.1 Å². The SMILES string of the molecule is CCCn1cc(S(=O)(=O)N(C)CCCCCN)nc1C. The molecule has 2 N–H and O–H groups in total. The number of aromatic nitrogens is 2. The second kappa shape index (κ2) is 7.75. The summed E-state index contributed by atoms with van der Waals surface area (Å²) in [6.45, 7) is 5.82. The number of hydrogen-bond acceptors (Lipinski definition) is 4. The highest BCUT2D eigenvalue weighted by atomic mass is 32.2. The van der Waals surface area contributed by atoms with Gasteiger partial charge < -0.3 is 10.3 Å². The third-order valence-electron chi connectivity index (χ3n) is 3.27. The molecule has 0 aliphatic rings. The molecule has 0 amide bonds. The van der Waals surface area contributed by atoms with Gasteiger partial charge in [0.25, 0.3) is 10.0 Å². The summed E-state index contributed by atoms with van der Waals surface area (Å²) in [6.07, 6.45) is 5.27. The molecule has 0 aliphatic heterocycles. The Morgan fingerprint density at radius 2 is 2.05 bits per heavy atom. The number of nitrogens with zero attached hydrogens (tertiary/aromatic N) is 3. The zero-order valence-corrected chi connectivity index (χ0v) is 13.5. The van der Waals surface area contributed by atoms with Gasteiger partial charge in [-0.15, -0.1) is 0 Å². The second-order valence-corrected chi connectivity index (χ2v) is 6.99. The maximum Gasteiger partial charge on any atom is 0.261 e. The molecule has 0 fully saturated rings. The number of aryl methyl sites for hydroxylation is 2. The topological polar surface area (TPSA) is 81.2 Å². The van der Waals surface area contributed by atoms with Gasteiger partial charge in [-0.3, -0.25) is 0 Å². The van der Waals surface area contributed by atoms with E-state index in [4.69, 9.17) is 5.73 Å². The monoisotopic (exact) mass is 302 g/mol. The van der Waals surface area contributed by atoms with Gasteiger partial charge in [0.05, 0.1) is 0 Å². The smallest absolute Gasteiger partial charge is 0.261 e. The number of rotatable bonds is 9. The van der Waals surface area contributed by atoms with Crippen LogP contribution in [0.2, 0.25) is 0 Å². The van der Waals surface area contributed by atoms with Crippen LogP contribution in [0.3, 0.4) is 0 Å². The molecule has 1 heterocycles. The summed E-state index contributed by atoms with van der Waals surface area (Å²) in [4.78, 5) is 4.18. The molecule has 0 unspecified atom stereocenters. The molecule has 1 aromatic heterocycles. The Bertz CT molecular complexity index is 510. The van der Waals surface area contributed by atoms with Crippen LogP contribution in [0.1, 0.15) is 38.4 Å². The molecule has 0 bridgehead atoms. The molecule has 1 aromatic rings. The quantitative estimate of drug-likeness (QED) is 0.698. The van der Waals surface area contributed by atoms with Crippen LogP contribution in [0.15, 0.2) is 11.2 Å². The Hall–Kier alpha value is -0.920. The summed E-state index contributed by atoms with van der Waals surface area (Å²) < 4.78 is 28.0. The summed E-state index contributed by atoms with van der Waals surface area (Å²) in [7, 11) is -1.87. The summed E-state index contributed by atoms with van der Waals surface area (Å²) in [5, 5.41) is 0.143. The molecule has 7 heteroatoms. The van der Waals surface area contributed by atoms with Crippen LogP contribution in [-0.4, -0.2) is 42.4 Å². The molecular weight excluding hydrogens is 276 g/mol. The van der Waals surface area contributed by atoms with Gasteiger partial charge in [-0.1, -0.05) is 13.3 Å². The van der Waals surface area contributed by atoms with Gasteiger partial charge in [0.15, 0.2) is 5.03 Å². The first-order chi connectivity index (χ1) is 9.43. The van der Waals surface area contributed by atoms with Gasteiger partial charge in [0.2, 0.25) is 0 Å². The van der Waals surface area contributed by atoms with E-state index < -0.39 is 10.0 Å².